The third-order valence-electron chi connectivity index (χ3n) is 4.80. The van der Waals surface area contributed by atoms with Crippen LogP contribution in [0.25, 0.3) is 6.08 Å². The molecule has 0 fully saturated rings. The number of nitriles is 1. The van der Waals surface area contributed by atoms with Crippen molar-refractivity contribution in [2.24, 2.45) is 0 Å². The van der Waals surface area contributed by atoms with Crippen molar-refractivity contribution in [3.8, 4) is 29.1 Å². The minimum atomic E-state index is -3.61. The van der Waals surface area contributed by atoms with Gasteiger partial charge in [-0.05, 0) is 35.9 Å². The van der Waals surface area contributed by atoms with Crippen molar-refractivity contribution in [3.05, 3.63) is 53.6 Å². The summed E-state index contributed by atoms with van der Waals surface area (Å²) in [6, 6.07) is 14.0. The van der Waals surface area contributed by atoms with E-state index in [-0.39, 0.29) is 34.8 Å². The fourth-order valence-corrected chi connectivity index (χ4v) is 4.47. The van der Waals surface area contributed by atoms with Gasteiger partial charge >= 0.3 is 0 Å². The number of amides is 1. The summed E-state index contributed by atoms with van der Waals surface area (Å²) in [5.41, 5.74) is 0.285. The van der Waals surface area contributed by atoms with E-state index in [4.69, 9.17) is 18.9 Å². The zero-order valence-corrected chi connectivity index (χ0v) is 21.9. The Kier molecular flexibility index (Phi) is 9.42. The zero-order chi connectivity index (χ0) is 26.8. The van der Waals surface area contributed by atoms with Crippen molar-refractivity contribution >= 4 is 38.5 Å². The molecule has 194 valence electrons. The standard InChI is InChI=1S/C24H24N4O7S2/c1-4-37(30,31)24-27-23(36-28-24)26-22(29)17(15-25)12-16-8-9-20(21(13-16)33-3)35-11-10-34-19-7-5-6-18(14-19)32-2/h5-9,12-14H,4,10-11H2,1-3H3,(H,26,27,28,29). The zero-order valence-electron chi connectivity index (χ0n) is 20.3. The maximum atomic E-state index is 12.5. The second kappa shape index (κ2) is 12.7. The van der Waals surface area contributed by atoms with Crippen LogP contribution in [0.2, 0.25) is 0 Å². The summed E-state index contributed by atoms with van der Waals surface area (Å²) in [4.78, 5) is 16.4. The van der Waals surface area contributed by atoms with Gasteiger partial charge in [0.1, 0.15) is 36.4 Å². The number of benzene rings is 2. The number of carbonyl (C=O) groups is 1. The molecule has 3 aromatic rings. The number of methoxy groups -OCH3 is 2. The van der Waals surface area contributed by atoms with E-state index in [1.165, 1.54) is 20.1 Å². The van der Waals surface area contributed by atoms with E-state index in [1.54, 1.807) is 31.4 Å². The van der Waals surface area contributed by atoms with Gasteiger partial charge in [-0.1, -0.05) is 19.1 Å². The first-order valence-electron chi connectivity index (χ1n) is 10.9. The number of ether oxygens (including phenoxy) is 4. The lowest BCUT2D eigenvalue weighted by atomic mass is 10.1. The second-order valence-electron chi connectivity index (χ2n) is 7.20. The predicted octanol–water partition coefficient (Wildman–Crippen LogP) is 3.35. The summed E-state index contributed by atoms with van der Waals surface area (Å²) in [7, 11) is -0.558. The highest BCUT2D eigenvalue weighted by Gasteiger charge is 2.20. The molecule has 3 rings (SSSR count). The fourth-order valence-electron chi connectivity index (χ4n) is 2.89. The van der Waals surface area contributed by atoms with Crippen molar-refractivity contribution < 1.29 is 32.2 Å². The van der Waals surface area contributed by atoms with E-state index in [9.17, 15) is 18.5 Å². The molecule has 1 N–H and O–H groups in total. The molecule has 0 saturated heterocycles. The number of anilines is 1. The molecule has 37 heavy (non-hydrogen) atoms. The first kappa shape index (κ1) is 27.4. The van der Waals surface area contributed by atoms with Crippen LogP contribution < -0.4 is 24.3 Å². The van der Waals surface area contributed by atoms with E-state index in [0.717, 1.165) is 0 Å². The minimum absolute atomic E-state index is 0.0318. The summed E-state index contributed by atoms with van der Waals surface area (Å²) >= 11 is 0.710. The molecule has 0 bridgehead atoms. The van der Waals surface area contributed by atoms with Crippen molar-refractivity contribution in [1.29, 1.82) is 5.26 Å². The highest BCUT2D eigenvalue weighted by Crippen LogP contribution is 2.29. The number of hydrogen-bond acceptors (Lipinski definition) is 11. The molecule has 11 nitrogen and oxygen atoms in total. The normalized spacial score (nSPS) is 11.4. The molecule has 0 aliphatic rings. The van der Waals surface area contributed by atoms with Gasteiger partial charge in [-0.2, -0.15) is 14.6 Å². The van der Waals surface area contributed by atoms with Crippen LogP contribution in [0.5, 0.6) is 23.0 Å². The number of rotatable bonds is 12. The second-order valence-corrected chi connectivity index (χ2v) is 10.1. The molecular formula is C24H24N4O7S2. The summed E-state index contributed by atoms with van der Waals surface area (Å²) < 4.78 is 49.4. The van der Waals surface area contributed by atoms with E-state index in [0.29, 0.717) is 40.1 Å². The van der Waals surface area contributed by atoms with Crippen LogP contribution in [0.15, 0.2) is 53.2 Å². The van der Waals surface area contributed by atoms with Crippen LogP contribution in [0.1, 0.15) is 12.5 Å². The van der Waals surface area contributed by atoms with Gasteiger partial charge in [-0.3, -0.25) is 10.1 Å². The van der Waals surface area contributed by atoms with Crippen LogP contribution in [0.3, 0.4) is 0 Å². The molecule has 2 aromatic carbocycles. The van der Waals surface area contributed by atoms with Crippen LogP contribution in [-0.4, -0.2) is 56.9 Å². The Morgan fingerprint density at radius 2 is 1.84 bits per heavy atom. The highest BCUT2D eigenvalue weighted by molar-refractivity contribution is 7.91. The molecule has 1 aromatic heterocycles. The molecular weight excluding hydrogens is 520 g/mol. The smallest absolute Gasteiger partial charge is 0.268 e. The Morgan fingerprint density at radius 3 is 2.54 bits per heavy atom. The SMILES string of the molecule is CCS(=O)(=O)c1nsc(NC(=O)C(C#N)=Cc2ccc(OCCOc3cccc(OC)c3)c(OC)c2)n1. The quantitative estimate of drug-likeness (QED) is 0.204. The maximum absolute atomic E-state index is 12.5. The number of sulfone groups is 1. The summed E-state index contributed by atoms with van der Waals surface area (Å²) in [6.45, 7) is 1.99. The molecule has 0 atom stereocenters. The topological polar surface area (TPSA) is 150 Å². The van der Waals surface area contributed by atoms with Gasteiger partial charge in [-0.15, -0.1) is 0 Å². The number of aromatic nitrogens is 2. The molecule has 1 amide bonds. The molecule has 0 aliphatic heterocycles. The molecule has 0 aliphatic carbocycles. The Bertz CT molecular complexity index is 1430. The van der Waals surface area contributed by atoms with Crippen LogP contribution >= 0.6 is 11.5 Å². The lowest BCUT2D eigenvalue weighted by Gasteiger charge is -2.12. The van der Waals surface area contributed by atoms with E-state index >= 15 is 0 Å². The summed E-state index contributed by atoms with van der Waals surface area (Å²) in [5, 5.41) is 11.5. The molecule has 13 heteroatoms. The molecule has 0 spiro atoms. The minimum Gasteiger partial charge on any atom is -0.497 e. The van der Waals surface area contributed by atoms with E-state index < -0.39 is 15.7 Å². The number of nitrogens with one attached hydrogen (secondary N) is 1. The lowest BCUT2D eigenvalue weighted by Crippen LogP contribution is -2.14. The van der Waals surface area contributed by atoms with Crippen molar-refractivity contribution in [2.75, 3.05) is 38.5 Å². The van der Waals surface area contributed by atoms with Gasteiger partial charge in [0, 0.05) is 17.6 Å². The maximum Gasteiger partial charge on any atom is 0.268 e. The Labute approximate surface area is 218 Å². The van der Waals surface area contributed by atoms with Crippen LogP contribution in [0.4, 0.5) is 5.13 Å². The Hall–Kier alpha value is -4.15. The predicted molar refractivity (Wildman–Crippen MR) is 137 cm³/mol. The van der Waals surface area contributed by atoms with Gasteiger partial charge < -0.3 is 18.9 Å². The average molecular weight is 545 g/mol. The third-order valence-corrected chi connectivity index (χ3v) is 7.05. The molecule has 0 unspecified atom stereocenters. The molecule has 1 heterocycles. The van der Waals surface area contributed by atoms with Crippen molar-refractivity contribution in [1.82, 2.24) is 9.36 Å². The number of nitrogens with zero attached hydrogens (tertiary/aromatic N) is 3. The Balaban J connectivity index is 1.64. The van der Waals surface area contributed by atoms with Crippen LogP contribution in [-0.2, 0) is 14.6 Å². The van der Waals surface area contributed by atoms with Crippen LogP contribution in [0, 0.1) is 11.3 Å². The fraction of sp³-hybridized carbons (Fsp3) is 0.250. The summed E-state index contributed by atoms with van der Waals surface area (Å²) in [6.07, 6.45) is 1.36. The summed E-state index contributed by atoms with van der Waals surface area (Å²) in [5.74, 6) is 1.26. The van der Waals surface area contributed by atoms with Gasteiger partial charge in [0.2, 0.25) is 15.0 Å². The van der Waals surface area contributed by atoms with E-state index in [2.05, 4.69) is 14.7 Å². The van der Waals surface area contributed by atoms with Gasteiger partial charge in [0.05, 0.1) is 20.0 Å². The number of hydrogen-bond donors (Lipinski definition) is 1. The monoisotopic (exact) mass is 544 g/mol. The van der Waals surface area contributed by atoms with Gasteiger partial charge in [-0.25, -0.2) is 8.42 Å². The first-order chi connectivity index (χ1) is 17.8. The molecule has 0 saturated carbocycles. The Morgan fingerprint density at radius 1 is 1.08 bits per heavy atom. The van der Waals surface area contributed by atoms with Crippen molar-refractivity contribution in [3.63, 3.8) is 0 Å². The largest absolute Gasteiger partial charge is 0.497 e. The van der Waals surface area contributed by atoms with Gasteiger partial charge in [0.25, 0.3) is 11.1 Å². The van der Waals surface area contributed by atoms with Gasteiger partial charge in [0.15, 0.2) is 11.5 Å². The van der Waals surface area contributed by atoms with E-state index in [1.807, 2.05) is 24.3 Å². The third kappa shape index (κ3) is 7.42. The average Bonchev–Trinajstić information content (AvgIpc) is 3.39. The highest BCUT2D eigenvalue weighted by atomic mass is 32.2. The molecule has 0 radical (unpaired) electrons. The first-order valence-corrected chi connectivity index (χ1v) is 13.3. The lowest BCUT2D eigenvalue weighted by molar-refractivity contribution is -0.112. The van der Waals surface area contributed by atoms with Crippen molar-refractivity contribution in [2.45, 2.75) is 12.1 Å². The number of carbonyl (C=O) groups excluding carboxylic acids is 1.